The maximum Gasteiger partial charge on any atom is 0.246 e. The van der Waals surface area contributed by atoms with Crippen molar-refractivity contribution in [3.05, 3.63) is 66.1 Å². The van der Waals surface area contributed by atoms with Crippen LogP contribution in [0.2, 0.25) is 0 Å². The van der Waals surface area contributed by atoms with Gasteiger partial charge >= 0.3 is 0 Å². The zero-order valence-corrected chi connectivity index (χ0v) is 17.9. The van der Waals surface area contributed by atoms with Gasteiger partial charge in [-0.3, -0.25) is 9.10 Å². The van der Waals surface area contributed by atoms with Gasteiger partial charge in [-0.2, -0.15) is 4.98 Å². The second-order valence-electron chi connectivity index (χ2n) is 6.92. The zero-order valence-electron chi connectivity index (χ0n) is 17.1. The van der Waals surface area contributed by atoms with Gasteiger partial charge in [0.2, 0.25) is 27.6 Å². The van der Waals surface area contributed by atoms with Crippen LogP contribution in [0.4, 0.5) is 5.69 Å². The van der Waals surface area contributed by atoms with E-state index in [9.17, 15) is 13.2 Å². The van der Waals surface area contributed by atoms with Crippen LogP contribution in [-0.2, 0) is 21.4 Å². The molecule has 0 saturated heterocycles. The number of nitrogens with one attached hydrogen (secondary N) is 1. The molecular formula is C21H24N4O4S. The predicted octanol–water partition coefficient (Wildman–Crippen LogP) is 2.91. The summed E-state index contributed by atoms with van der Waals surface area (Å²) >= 11 is 0. The summed E-state index contributed by atoms with van der Waals surface area (Å²) in [6.07, 6.45) is 1.38. The number of hydrogen-bond acceptors (Lipinski definition) is 6. The lowest BCUT2D eigenvalue weighted by atomic mass is 10.1. The third kappa shape index (κ3) is 5.04. The number of para-hydroxylation sites is 1. The Morgan fingerprint density at radius 3 is 2.53 bits per heavy atom. The summed E-state index contributed by atoms with van der Waals surface area (Å²) in [5, 5.41) is 6.66. The van der Waals surface area contributed by atoms with Gasteiger partial charge in [-0.05, 0) is 31.5 Å². The third-order valence-corrected chi connectivity index (χ3v) is 5.68. The number of aromatic nitrogens is 2. The van der Waals surface area contributed by atoms with Gasteiger partial charge in [0.05, 0.1) is 18.5 Å². The van der Waals surface area contributed by atoms with E-state index in [1.807, 2.05) is 31.2 Å². The van der Waals surface area contributed by atoms with E-state index in [2.05, 4.69) is 15.5 Å². The predicted molar refractivity (Wildman–Crippen MR) is 114 cm³/mol. The summed E-state index contributed by atoms with van der Waals surface area (Å²) in [5.74, 6) is 0.222. The van der Waals surface area contributed by atoms with Crippen molar-refractivity contribution in [3.63, 3.8) is 0 Å². The molecular weight excluding hydrogens is 404 g/mol. The smallest absolute Gasteiger partial charge is 0.246 e. The van der Waals surface area contributed by atoms with Crippen molar-refractivity contribution in [1.29, 1.82) is 0 Å². The number of carbonyl (C=O) groups excluding carboxylic acids is 1. The fourth-order valence-corrected chi connectivity index (χ4v) is 4.36. The number of aryl methyl sites for hydroxylation is 1. The molecule has 0 aliphatic heterocycles. The van der Waals surface area contributed by atoms with E-state index in [-0.39, 0.29) is 12.4 Å². The fraction of sp³-hybridized carbons (Fsp3) is 0.286. The van der Waals surface area contributed by atoms with E-state index in [1.165, 1.54) is 0 Å². The van der Waals surface area contributed by atoms with E-state index >= 15 is 0 Å². The van der Waals surface area contributed by atoms with E-state index in [0.29, 0.717) is 17.9 Å². The first-order chi connectivity index (χ1) is 14.3. The molecule has 0 spiro atoms. The summed E-state index contributed by atoms with van der Waals surface area (Å²) in [5.41, 5.74) is 2.32. The van der Waals surface area contributed by atoms with E-state index < -0.39 is 22.0 Å². The fourth-order valence-electron chi connectivity index (χ4n) is 3.14. The van der Waals surface area contributed by atoms with Gasteiger partial charge in [0, 0.05) is 5.56 Å². The van der Waals surface area contributed by atoms with Crippen LogP contribution in [0, 0.1) is 6.92 Å². The molecule has 30 heavy (non-hydrogen) atoms. The second-order valence-corrected chi connectivity index (χ2v) is 8.78. The van der Waals surface area contributed by atoms with Crippen LogP contribution in [0.5, 0.6) is 0 Å². The molecule has 1 atom stereocenters. The van der Waals surface area contributed by atoms with Crippen molar-refractivity contribution < 1.29 is 17.7 Å². The monoisotopic (exact) mass is 428 g/mol. The highest BCUT2D eigenvalue weighted by atomic mass is 32.2. The lowest BCUT2D eigenvalue weighted by Gasteiger charge is -2.29. The molecule has 3 rings (SSSR count). The van der Waals surface area contributed by atoms with E-state index in [4.69, 9.17) is 4.52 Å². The summed E-state index contributed by atoms with van der Waals surface area (Å²) in [7, 11) is -3.67. The molecule has 9 heteroatoms. The molecule has 0 bridgehead atoms. The minimum atomic E-state index is -3.67. The van der Waals surface area contributed by atoms with Crippen molar-refractivity contribution in [2.75, 3.05) is 10.6 Å². The van der Waals surface area contributed by atoms with Crippen LogP contribution >= 0.6 is 0 Å². The Labute approximate surface area is 176 Å². The van der Waals surface area contributed by atoms with Gasteiger partial charge < -0.3 is 9.84 Å². The average Bonchev–Trinajstić information content (AvgIpc) is 3.19. The highest BCUT2D eigenvalue weighted by Gasteiger charge is 2.31. The number of hydrogen-bond donors (Lipinski definition) is 1. The second kappa shape index (κ2) is 9.08. The molecule has 2 aromatic carbocycles. The number of rotatable bonds is 8. The summed E-state index contributed by atoms with van der Waals surface area (Å²) in [6, 6.07) is 15.3. The van der Waals surface area contributed by atoms with Gasteiger partial charge in [-0.15, -0.1) is 0 Å². The molecule has 3 aromatic rings. The summed E-state index contributed by atoms with van der Waals surface area (Å²) in [6.45, 7) is 3.73. The van der Waals surface area contributed by atoms with Gasteiger partial charge in [0.15, 0.2) is 0 Å². The first-order valence-corrected chi connectivity index (χ1v) is 11.4. The molecule has 0 aliphatic rings. The van der Waals surface area contributed by atoms with Crippen LogP contribution in [0.25, 0.3) is 11.4 Å². The maximum atomic E-state index is 12.8. The SMILES string of the molecule is CC[C@H](C(=O)NCc1nc(-c2cccc(C)c2)no1)N(c1ccccc1)S(C)(=O)=O. The first kappa shape index (κ1) is 21.5. The first-order valence-electron chi connectivity index (χ1n) is 9.51. The van der Waals surface area contributed by atoms with E-state index in [0.717, 1.165) is 21.7 Å². The number of nitrogens with zero attached hydrogens (tertiary/aromatic N) is 3. The largest absolute Gasteiger partial charge is 0.345 e. The van der Waals surface area contributed by atoms with Gasteiger partial charge in [0.25, 0.3) is 0 Å². The highest BCUT2D eigenvalue weighted by Crippen LogP contribution is 2.22. The Kier molecular flexibility index (Phi) is 6.51. The Hall–Kier alpha value is -3.20. The van der Waals surface area contributed by atoms with Crippen LogP contribution in [0.1, 0.15) is 24.8 Å². The van der Waals surface area contributed by atoms with Crippen molar-refractivity contribution in [1.82, 2.24) is 15.5 Å². The number of sulfonamides is 1. The maximum absolute atomic E-state index is 12.8. The molecule has 1 amide bonds. The molecule has 0 unspecified atom stereocenters. The minimum absolute atomic E-state index is 0.000536. The normalized spacial score (nSPS) is 12.4. The van der Waals surface area contributed by atoms with Gasteiger partial charge in [-0.25, -0.2) is 8.42 Å². The quantitative estimate of drug-likeness (QED) is 0.591. The summed E-state index contributed by atoms with van der Waals surface area (Å²) < 4.78 is 31.2. The third-order valence-electron chi connectivity index (χ3n) is 4.50. The molecule has 0 fully saturated rings. The van der Waals surface area contributed by atoms with Crippen molar-refractivity contribution in [3.8, 4) is 11.4 Å². The Morgan fingerprint density at radius 1 is 1.17 bits per heavy atom. The molecule has 0 radical (unpaired) electrons. The topological polar surface area (TPSA) is 105 Å². The molecule has 8 nitrogen and oxygen atoms in total. The molecule has 0 aliphatic carbocycles. The Bertz CT molecular complexity index is 1110. The Morgan fingerprint density at radius 2 is 1.90 bits per heavy atom. The number of carbonyl (C=O) groups is 1. The van der Waals surface area contributed by atoms with Crippen LogP contribution in [0.3, 0.4) is 0 Å². The number of benzene rings is 2. The highest BCUT2D eigenvalue weighted by molar-refractivity contribution is 7.92. The average molecular weight is 429 g/mol. The molecule has 1 aromatic heterocycles. The van der Waals surface area contributed by atoms with Crippen LogP contribution in [0.15, 0.2) is 59.1 Å². The number of anilines is 1. The zero-order chi connectivity index (χ0) is 21.7. The van der Waals surface area contributed by atoms with Gasteiger partial charge in [-0.1, -0.05) is 54.0 Å². The number of amides is 1. The lowest BCUT2D eigenvalue weighted by molar-refractivity contribution is -0.122. The van der Waals surface area contributed by atoms with Crippen LogP contribution < -0.4 is 9.62 Å². The lowest BCUT2D eigenvalue weighted by Crippen LogP contribution is -2.49. The minimum Gasteiger partial charge on any atom is -0.345 e. The van der Waals surface area contributed by atoms with Gasteiger partial charge in [0.1, 0.15) is 6.04 Å². The molecule has 1 N–H and O–H groups in total. The molecule has 1 heterocycles. The van der Waals surface area contributed by atoms with Crippen molar-refractivity contribution in [2.24, 2.45) is 0 Å². The van der Waals surface area contributed by atoms with Crippen molar-refractivity contribution in [2.45, 2.75) is 32.9 Å². The summed E-state index contributed by atoms with van der Waals surface area (Å²) in [4.78, 5) is 17.1. The molecule has 0 saturated carbocycles. The molecule has 158 valence electrons. The van der Waals surface area contributed by atoms with E-state index in [1.54, 1.807) is 37.3 Å². The van der Waals surface area contributed by atoms with Crippen molar-refractivity contribution >= 4 is 21.6 Å². The van der Waals surface area contributed by atoms with Crippen LogP contribution in [-0.4, -0.2) is 36.8 Å². The standard InChI is InChI=1S/C21H24N4O4S/c1-4-18(25(30(3,27)28)17-11-6-5-7-12-17)21(26)22-14-19-23-20(24-29-19)16-10-8-9-15(2)13-16/h5-13,18H,4,14H2,1-3H3,(H,22,26)/t18-/m1/s1. The Balaban J connectivity index is 1.74.